The van der Waals surface area contributed by atoms with Crippen LogP contribution in [0.5, 0.6) is 0 Å². The van der Waals surface area contributed by atoms with Gasteiger partial charge >= 0.3 is 0 Å². The van der Waals surface area contributed by atoms with E-state index in [1.165, 1.54) is 0 Å². The van der Waals surface area contributed by atoms with Crippen molar-refractivity contribution in [2.75, 3.05) is 6.54 Å². The van der Waals surface area contributed by atoms with Crippen molar-refractivity contribution in [2.45, 2.75) is 51.5 Å². The summed E-state index contributed by atoms with van der Waals surface area (Å²) in [5, 5.41) is 11.8. The highest BCUT2D eigenvalue weighted by atomic mass is 16.4. The van der Waals surface area contributed by atoms with Crippen molar-refractivity contribution < 1.29 is 10.0 Å². The molecule has 0 aromatic rings. The van der Waals surface area contributed by atoms with Gasteiger partial charge in [-0.15, -0.1) is 0 Å². The second kappa shape index (κ2) is 5.59. The molecule has 0 radical (unpaired) electrons. The summed E-state index contributed by atoms with van der Waals surface area (Å²) >= 11 is 0. The molecular formula is C13H23N3O2. The van der Waals surface area contributed by atoms with Crippen molar-refractivity contribution in [3.05, 3.63) is 0 Å². The fraction of sp³-hybridized carbons (Fsp3) is 0.846. The molecule has 1 atom stereocenters. The first-order valence-electron chi connectivity index (χ1n) is 6.91. The number of amidine groups is 1. The standard InChI is InChI=1S/C13H23N3O2/c1-9-4-6-10(7-5-9)13(17)16-8-2-3-11(16)12(14)15-18/h9-11,18H,2-8H2,1H3,(H2,14,15). The summed E-state index contributed by atoms with van der Waals surface area (Å²) in [6.07, 6.45) is 6.00. The number of likely N-dealkylation sites (tertiary alicyclic amines) is 1. The topological polar surface area (TPSA) is 78.9 Å². The van der Waals surface area contributed by atoms with Crippen molar-refractivity contribution in [1.82, 2.24) is 4.90 Å². The average molecular weight is 253 g/mol. The molecule has 1 heterocycles. The fourth-order valence-corrected chi connectivity index (χ4v) is 3.15. The lowest BCUT2D eigenvalue weighted by molar-refractivity contribution is -0.136. The first kappa shape index (κ1) is 13.2. The molecule has 0 bridgehead atoms. The van der Waals surface area contributed by atoms with Gasteiger partial charge in [-0.3, -0.25) is 4.79 Å². The summed E-state index contributed by atoms with van der Waals surface area (Å²) in [7, 11) is 0. The molecular weight excluding hydrogens is 230 g/mol. The summed E-state index contributed by atoms with van der Waals surface area (Å²) in [6, 6.07) is -0.193. The third kappa shape index (κ3) is 2.60. The highest BCUT2D eigenvalue weighted by molar-refractivity contribution is 5.91. The number of amides is 1. The van der Waals surface area contributed by atoms with Crippen LogP contribution >= 0.6 is 0 Å². The highest BCUT2D eigenvalue weighted by Crippen LogP contribution is 2.31. The number of nitrogens with zero attached hydrogens (tertiary/aromatic N) is 2. The molecule has 1 saturated heterocycles. The van der Waals surface area contributed by atoms with Gasteiger partial charge in [-0.2, -0.15) is 0 Å². The molecule has 1 aliphatic carbocycles. The molecule has 2 aliphatic rings. The molecule has 1 saturated carbocycles. The van der Waals surface area contributed by atoms with Crippen LogP contribution in [0.1, 0.15) is 45.4 Å². The Bertz CT molecular complexity index is 335. The van der Waals surface area contributed by atoms with Crippen molar-refractivity contribution in [1.29, 1.82) is 0 Å². The molecule has 1 unspecified atom stereocenters. The molecule has 2 rings (SSSR count). The number of hydrogen-bond acceptors (Lipinski definition) is 3. The van der Waals surface area contributed by atoms with E-state index in [0.717, 1.165) is 51.0 Å². The minimum atomic E-state index is -0.193. The lowest BCUT2D eigenvalue weighted by Gasteiger charge is -2.31. The first-order chi connectivity index (χ1) is 8.63. The van der Waals surface area contributed by atoms with Crippen LogP contribution in [0.15, 0.2) is 5.16 Å². The average Bonchev–Trinajstić information content (AvgIpc) is 2.87. The Morgan fingerprint density at radius 2 is 1.94 bits per heavy atom. The summed E-state index contributed by atoms with van der Waals surface area (Å²) in [4.78, 5) is 14.3. The number of hydrogen-bond donors (Lipinski definition) is 2. The lowest BCUT2D eigenvalue weighted by atomic mass is 9.82. The van der Waals surface area contributed by atoms with Crippen LogP contribution < -0.4 is 5.73 Å². The van der Waals surface area contributed by atoms with Crippen LogP contribution in [-0.4, -0.2) is 34.4 Å². The second-order valence-electron chi connectivity index (χ2n) is 5.67. The van der Waals surface area contributed by atoms with Gasteiger partial charge in [0.25, 0.3) is 0 Å². The normalized spacial score (nSPS) is 33.7. The summed E-state index contributed by atoms with van der Waals surface area (Å²) in [6.45, 7) is 2.99. The van der Waals surface area contributed by atoms with Gasteiger partial charge in [-0.25, -0.2) is 0 Å². The molecule has 0 spiro atoms. The first-order valence-corrected chi connectivity index (χ1v) is 6.91. The summed E-state index contributed by atoms with van der Waals surface area (Å²) < 4.78 is 0. The van der Waals surface area contributed by atoms with E-state index in [2.05, 4.69) is 12.1 Å². The van der Waals surface area contributed by atoms with Gasteiger partial charge in [0.05, 0.1) is 6.04 Å². The predicted octanol–water partition coefficient (Wildman–Crippen LogP) is 1.55. The van der Waals surface area contributed by atoms with E-state index < -0.39 is 0 Å². The number of nitrogens with two attached hydrogens (primary N) is 1. The van der Waals surface area contributed by atoms with Gasteiger partial charge in [-0.1, -0.05) is 12.1 Å². The number of rotatable bonds is 2. The maximum absolute atomic E-state index is 12.5. The zero-order chi connectivity index (χ0) is 13.1. The Balaban J connectivity index is 2.00. The Hall–Kier alpha value is -1.26. The lowest BCUT2D eigenvalue weighted by Crippen LogP contribution is -2.46. The minimum Gasteiger partial charge on any atom is -0.409 e. The Kier molecular flexibility index (Phi) is 4.09. The Labute approximate surface area is 108 Å². The van der Waals surface area contributed by atoms with Crippen LogP contribution in [0.25, 0.3) is 0 Å². The maximum atomic E-state index is 12.5. The van der Waals surface area contributed by atoms with Crippen LogP contribution in [0.3, 0.4) is 0 Å². The van der Waals surface area contributed by atoms with Gasteiger partial charge in [0.15, 0.2) is 5.84 Å². The van der Waals surface area contributed by atoms with Gasteiger partial charge in [0, 0.05) is 12.5 Å². The van der Waals surface area contributed by atoms with Gasteiger partial charge < -0.3 is 15.8 Å². The molecule has 3 N–H and O–H groups in total. The van der Waals surface area contributed by atoms with Gasteiger partial charge in [0.1, 0.15) is 0 Å². The Morgan fingerprint density at radius 3 is 2.56 bits per heavy atom. The van der Waals surface area contributed by atoms with Gasteiger partial charge in [0.2, 0.25) is 5.91 Å². The van der Waals surface area contributed by atoms with E-state index in [0.29, 0.717) is 0 Å². The molecule has 1 aliphatic heterocycles. The van der Waals surface area contributed by atoms with E-state index >= 15 is 0 Å². The van der Waals surface area contributed by atoms with Gasteiger partial charge in [-0.05, 0) is 44.4 Å². The third-order valence-electron chi connectivity index (χ3n) is 4.36. The van der Waals surface area contributed by atoms with E-state index in [1.54, 1.807) is 0 Å². The summed E-state index contributed by atoms with van der Waals surface area (Å²) in [5.74, 6) is 1.27. The second-order valence-corrected chi connectivity index (χ2v) is 5.67. The van der Waals surface area contributed by atoms with E-state index in [9.17, 15) is 4.79 Å². The van der Waals surface area contributed by atoms with Crippen LogP contribution in [0, 0.1) is 11.8 Å². The summed E-state index contributed by atoms with van der Waals surface area (Å²) in [5.41, 5.74) is 5.66. The molecule has 5 nitrogen and oxygen atoms in total. The monoisotopic (exact) mass is 253 g/mol. The molecule has 5 heteroatoms. The highest BCUT2D eigenvalue weighted by Gasteiger charge is 2.36. The Morgan fingerprint density at radius 1 is 1.28 bits per heavy atom. The molecule has 0 aromatic carbocycles. The van der Waals surface area contributed by atoms with Crippen molar-refractivity contribution in [2.24, 2.45) is 22.7 Å². The quantitative estimate of drug-likeness (QED) is 0.339. The van der Waals surface area contributed by atoms with Crippen molar-refractivity contribution in [3.63, 3.8) is 0 Å². The molecule has 1 amide bonds. The SMILES string of the molecule is CC1CCC(C(=O)N2CCCC2C(N)=NO)CC1. The van der Waals surface area contributed by atoms with Crippen LogP contribution in [0.2, 0.25) is 0 Å². The minimum absolute atomic E-state index is 0.147. The molecule has 18 heavy (non-hydrogen) atoms. The zero-order valence-electron chi connectivity index (χ0n) is 11.0. The largest absolute Gasteiger partial charge is 0.409 e. The number of carbonyl (C=O) groups is 1. The van der Waals surface area contributed by atoms with Crippen molar-refractivity contribution in [3.8, 4) is 0 Å². The third-order valence-corrected chi connectivity index (χ3v) is 4.36. The zero-order valence-corrected chi connectivity index (χ0v) is 11.0. The molecule has 102 valence electrons. The maximum Gasteiger partial charge on any atom is 0.226 e. The van der Waals surface area contributed by atoms with E-state index in [-0.39, 0.29) is 23.7 Å². The molecule has 0 aromatic heterocycles. The number of oxime groups is 1. The van der Waals surface area contributed by atoms with Crippen LogP contribution in [0.4, 0.5) is 0 Å². The number of carbonyl (C=O) groups excluding carboxylic acids is 1. The van der Waals surface area contributed by atoms with Crippen molar-refractivity contribution >= 4 is 11.7 Å². The molecule has 2 fully saturated rings. The predicted molar refractivity (Wildman–Crippen MR) is 69.3 cm³/mol. The van der Waals surface area contributed by atoms with E-state index in [4.69, 9.17) is 10.9 Å². The van der Waals surface area contributed by atoms with Crippen LogP contribution in [-0.2, 0) is 4.79 Å². The smallest absolute Gasteiger partial charge is 0.226 e. The fourth-order valence-electron chi connectivity index (χ4n) is 3.15. The van der Waals surface area contributed by atoms with E-state index in [1.807, 2.05) is 4.90 Å².